The van der Waals surface area contributed by atoms with Gasteiger partial charge in [0.25, 0.3) is 0 Å². The maximum absolute atomic E-state index is 12.6. The first-order valence-electron chi connectivity index (χ1n) is 12.6. The Bertz CT molecular complexity index is 1220. The van der Waals surface area contributed by atoms with Gasteiger partial charge in [0.15, 0.2) is 0 Å². The van der Waals surface area contributed by atoms with Crippen molar-refractivity contribution in [2.24, 2.45) is 0 Å². The molecule has 3 amide bonds. The summed E-state index contributed by atoms with van der Waals surface area (Å²) in [6.45, 7) is 6.87. The van der Waals surface area contributed by atoms with E-state index in [-0.39, 0.29) is 18.0 Å². The van der Waals surface area contributed by atoms with Crippen LogP contribution in [0.4, 0.5) is 16.3 Å². The molecular formula is C27H33N7O2. The zero-order chi connectivity index (χ0) is 25.1. The van der Waals surface area contributed by atoms with Crippen LogP contribution in [0.1, 0.15) is 56.0 Å². The molecule has 3 aromatic rings. The summed E-state index contributed by atoms with van der Waals surface area (Å²) in [4.78, 5) is 27.4. The molecule has 3 heterocycles. The third-order valence-electron chi connectivity index (χ3n) is 6.81. The number of hydrogen-bond acceptors (Lipinski definition) is 5. The average Bonchev–Trinajstić information content (AvgIpc) is 3.63. The zero-order valence-corrected chi connectivity index (χ0v) is 20.8. The van der Waals surface area contributed by atoms with Gasteiger partial charge in [-0.15, -0.1) is 0 Å². The monoisotopic (exact) mass is 487 g/mol. The Morgan fingerprint density at radius 2 is 1.67 bits per heavy atom. The number of aromatic nitrogens is 2. The molecule has 36 heavy (non-hydrogen) atoms. The lowest BCUT2D eigenvalue weighted by atomic mass is 10.1. The highest BCUT2D eigenvalue weighted by molar-refractivity contribution is 5.91. The average molecular weight is 488 g/mol. The van der Waals surface area contributed by atoms with Crippen LogP contribution in [0.2, 0.25) is 0 Å². The summed E-state index contributed by atoms with van der Waals surface area (Å²) in [7, 11) is 0. The van der Waals surface area contributed by atoms with Crippen molar-refractivity contribution in [3.8, 4) is 5.69 Å². The predicted molar refractivity (Wildman–Crippen MR) is 140 cm³/mol. The van der Waals surface area contributed by atoms with E-state index in [1.807, 2.05) is 61.3 Å². The van der Waals surface area contributed by atoms with Crippen molar-refractivity contribution in [2.75, 3.05) is 23.3 Å². The number of urea groups is 1. The number of benzene rings is 2. The Balaban J connectivity index is 1.30. The molecule has 9 heteroatoms. The van der Waals surface area contributed by atoms with E-state index >= 15 is 0 Å². The third kappa shape index (κ3) is 5.06. The van der Waals surface area contributed by atoms with E-state index < -0.39 is 0 Å². The van der Waals surface area contributed by atoms with Crippen molar-refractivity contribution in [2.45, 2.75) is 52.2 Å². The number of amides is 3. The molecule has 5 rings (SSSR count). The molecule has 9 nitrogen and oxygen atoms in total. The van der Waals surface area contributed by atoms with Crippen molar-refractivity contribution in [3.05, 3.63) is 71.4 Å². The Morgan fingerprint density at radius 3 is 2.36 bits per heavy atom. The van der Waals surface area contributed by atoms with Crippen molar-refractivity contribution < 1.29 is 9.59 Å². The first kappa shape index (κ1) is 23.9. The minimum Gasteiger partial charge on any atom is -0.372 e. The number of carbonyl (C=O) groups excluding carboxylic acids is 2. The lowest BCUT2D eigenvalue weighted by molar-refractivity contribution is -0.115. The first-order chi connectivity index (χ1) is 17.5. The molecule has 0 aliphatic carbocycles. The van der Waals surface area contributed by atoms with Crippen molar-refractivity contribution >= 4 is 23.4 Å². The number of fused-ring (bicyclic) bond motifs is 1. The zero-order valence-electron chi connectivity index (χ0n) is 20.8. The fourth-order valence-corrected chi connectivity index (χ4v) is 4.81. The lowest BCUT2D eigenvalue weighted by Gasteiger charge is -2.21. The molecule has 188 valence electrons. The van der Waals surface area contributed by atoms with Crippen LogP contribution >= 0.6 is 0 Å². The van der Waals surface area contributed by atoms with E-state index in [2.05, 4.69) is 33.1 Å². The molecule has 3 N–H and O–H groups in total. The van der Waals surface area contributed by atoms with E-state index in [9.17, 15) is 9.59 Å². The molecule has 2 aromatic carbocycles. The van der Waals surface area contributed by atoms with Gasteiger partial charge in [0.05, 0.1) is 24.0 Å². The normalized spacial score (nSPS) is 16.0. The van der Waals surface area contributed by atoms with Gasteiger partial charge in [-0.05, 0) is 49.6 Å². The second kappa shape index (κ2) is 10.4. The highest BCUT2D eigenvalue weighted by atomic mass is 16.2. The quantitative estimate of drug-likeness (QED) is 0.466. The standard InChI is InChI=1S/C27H33N7O2/c1-3-25(35)29-26-23-17-33(31-27(36)28-19(2)20-9-5-4-6-10-20)18-24(23)30-34(26)22-13-11-21(12-14-22)32-15-7-8-16-32/h4-6,9-14,19H,3,7-8,15-18H2,1-2H3,(H,29,35)(H2,28,31,36). The summed E-state index contributed by atoms with van der Waals surface area (Å²) in [6.07, 6.45) is 2.83. The van der Waals surface area contributed by atoms with Crippen LogP contribution in [0, 0.1) is 0 Å². The molecule has 1 atom stereocenters. The number of hydrazine groups is 1. The topological polar surface area (TPSA) is 94.5 Å². The highest BCUT2D eigenvalue weighted by Crippen LogP contribution is 2.31. The minimum absolute atomic E-state index is 0.0755. The highest BCUT2D eigenvalue weighted by Gasteiger charge is 2.30. The van der Waals surface area contributed by atoms with Gasteiger partial charge in [-0.2, -0.15) is 5.10 Å². The van der Waals surface area contributed by atoms with Gasteiger partial charge < -0.3 is 15.5 Å². The third-order valence-corrected chi connectivity index (χ3v) is 6.81. The molecule has 0 saturated carbocycles. The van der Waals surface area contributed by atoms with Gasteiger partial charge in [0.1, 0.15) is 5.82 Å². The van der Waals surface area contributed by atoms with Crippen LogP contribution in [0.25, 0.3) is 5.69 Å². The smallest absolute Gasteiger partial charge is 0.329 e. The van der Waals surface area contributed by atoms with Gasteiger partial charge in [-0.25, -0.2) is 14.5 Å². The Kier molecular flexibility index (Phi) is 6.90. The van der Waals surface area contributed by atoms with E-state index in [0.29, 0.717) is 25.3 Å². The fraction of sp³-hybridized carbons (Fsp3) is 0.370. The van der Waals surface area contributed by atoms with Crippen molar-refractivity contribution in [3.63, 3.8) is 0 Å². The number of hydrogen-bond donors (Lipinski definition) is 3. The molecule has 1 saturated heterocycles. The van der Waals surface area contributed by atoms with Crippen LogP contribution in [0.3, 0.4) is 0 Å². The largest absolute Gasteiger partial charge is 0.372 e. The van der Waals surface area contributed by atoms with Gasteiger partial charge >= 0.3 is 6.03 Å². The summed E-state index contributed by atoms with van der Waals surface area (Å²) < 4.78 is 1.81. The second-order valence-electron chi connectivity index (χ2n) is 9.37. The lowest BCUT2D eigenvalue weighted by Crippen LogP contribution is -2.45. The maximum Gasteiger partial charge on any atom is 0.329 e. The van der Waals surface area contributed by atoms with Crippen LogP contribution < -0.4 is 21.0 Å². The summed E-state index contributed by atoms with van der Waals surface area (Å²) in [6, 6.07) is 17.8. The molecule has 1 unspecified atom stereocenters. The number of anilines is 2. The van der Waals surface area contributed by atoms with Gasteiger partial charge in [0.2, 0.25) is 5.91 Å². The van der Waals surface area contributed by atoms with Crippen LogP contribution in [-0.2, 0) is 17.9 Å². The van der Waals surface area contributed by atoms with Crippen LogP contribution in [-0.4, -0.2) is 39.8 Å². The number of nitrogens with zero attached hydrogens (tertiary/aromatic N) is 4. The molecule has 2 aliphatic rings. The molecular weight excluding hydrogens is 454 g/mol. The van der Waals surface area contributed by atoms with E-state index in [1.165, 1.54) is 18.5 Å². The van der Waals surface area contributed by atoms with Crippen molar-refractivity contribution in [1.82, 2.24) is 25.5 Å². The number of carbonyl (C=O) groups is 2. The minimum atomic E-state index is -0.277. The second-order valence-corrected chi connectivity index (χ2v) is 9.37. The van der Waals surface area contributed by atoms with E-state index in [4.69, 9.17) is 5.10 Å². The van der Waals surface area contributed by atoms with E-state index in [0.717, 1.165) is 35.6 Å². The Morgan fingerprint density at radius 1 is 0.972 bits per heavy atom. The van der Waals surface area contributed by atoms with Gasteiger partial charge in [-0.1, -0.05) is 37.3 Å². The predicted octanol–water partition coefficient (Wildman–Crippen LogP) is 4.11. The summed E-state index contributed by atoms with van der Waals surface area (Å²) >= 11 is 0. The molecule has 0 spiro atoms. The number of rotatable bonds is 7. The van der Waals surface area contributed by atoms with Crippen molar-refractivity contribution in [1.29, 1.82) is 0 Å². The summed E-state index contributed by atoms with van der Waals surface area (Å²) in [5.74, 6) is 0.585. The Hall–Kier alpha value is -3.85. The Labute approximate surface area is 211 Å². The molecule has 1 aromatic heterocycles. The molecule has 1 fully saturated rings. The van der Waals surface area contributed by atoms with Crippen LogP contribution in [0.15, 0.2) is 54.6 Å². The molecule has 0 bridgehead atoms. The van der Waals surface area contributed by atoms with Crippen LogP contribution in [0.5, 0.6) is 0 Å². The number of nitrogens with one attached hydrogen (secondary N) is 3. The molecule has 0 radical (unpaired) electrons. The maximum atomic E-state index is 12.6. The molecule has 2 aliphatic heterocycles. The van der Waals surface area contributed by atoms with Gasteiger partial charge in [0, 0.05) is 37.3 Å². The van der Waals surface area contributed by atoms with Gasteiger partial charge in [-0.3, -0.25) is 10.2 Å². The summed E-state index contributed by atoms with van der Waals surface area (Å²) in [5.41, 5.74) is 7.81. The fourth-order valence-electron chi connectivity index (χ4n) is 4.81. The summed E-state index contributed by atoms with van der Waals surface area (Å²) in [5, 5.41) is 12.6. The SMILES string of the molecule is CCC(=O)Nc1c2c(nn1-c1ccc(N3CCCC3)cc1)CN(NC(=O)NC(C)c1ccccc1)C2. The van der Waals surface area contributed by atoms with E-state index in [1.54, 1.807) is 4.68 Å². The first-order valence-corrected chi connectivity index (χ1v) is 12.6.